The van der Waals surface area contributed by atoms with E-state index in [0.29, 0.717) is 11.8 Å². The molecule has 1 aliphatic heterocycles. The molecule has 1 atom stereocenters. The van der Waals surface area contributed by atoms with Crippen LogP contribution in [-0.4, -0.2) is 15.0 Å². The van der Waals surface area contributed by atoms with Gasteiger partial charge in [0.2, 0.25) is 0 Å². The molecule has 3 rings (SSSR count). The van der Waals surface area contributed by atoms with Gasteiger partial charge in [-0.05, 0) is 40.6 Å². The normalized spacial score (nSPS) is 17.7. The molecule has 1 aromatic heterocycles. The molecule has 0 radical (unpaired) electrons. The highest BCUT2D eigenvalue weighted by molar-refractivity contribution is 14.1. The molecule has 1 aliphatic rings. The molecule has 1 aromatic carbocycles. The van der Waals surface area contributed by atoms with Crippen LogP contribution in [0.2, 0.25) is 0 Å². The highest BCUT2D eigenvalue weighted by Crippen LogP contribution is 2.37. The molecule has 0 bridgehead atoms. The quantitative estimate of drug-likeness (QED) is 0.763. The first-order chi connectivity index (χ1) is 8.72. The summed E-state index contributed by atoms with van der Waals surface area (Å²) in [5.41, 5.74) is 1.37. The molecule has 0 aliphatic carbocycles. The Hall–Kier alpha value is -0.820. The first-order valence-corrected chi connectivity index (χ1v) is 7.65. The average Bonchev–Trinajstić information content (AvgIpc) is 2.75. The molecule has 2 heterocycles. The van der Waals surface area contributed by atoms with Crippen LogP contribution >= 0.6 is 34.4 Å². The summed E-state index contributed by atoms with van der Waals surface area (Å²) < 4.78 is 2.45. The van der Waals surface area contributed by atoms with E-state index in [2.05, 4.69) is 52.0 Å². The van der Waals surface area contributed by atoms with Crippen LogP contribution in [0.3, 0.4) is 0 Å². The molecule has 5 heteroatoms. The molecule has 2 aromatic rings. The van der Waals surface area contributed by atoms with E-state index in [9.17, 15) is 4.79 Å². The standard InChI is InChI=1S/C13H11IN2OS/c14-10-6-13(17)16(15-7-10)8-11-5-9-3-1-2-4-12(9)18-11/h1-4,6-7,11H,5,8H2. The van der Waals surface area contributed by atoms with Crippen molar-refractivity contribution in [2.24, 2.45) is 0 Å². The van der Waals surface area contributed by atoms with Crippen LogP contribution in [-0.2, 0) is 13.0 Å². The van der Waals surface area contributed by atoms with Gasteiger partial charge in [0.05, 0.1) is 12.7 Å². The number of hydrogen-bond acceptors (Lipinski definition) is 3. The Balaban J connectivity index is 1.78. The van der Waals surface area contributed by atoms with Gasteiger partial charge < -0.3 is 0 Å². The first-order valence-electron chi connectivity index (χ1n) is 5.69. The summed E-state index contributed by atoms with van der Waals surface area (Å²) in [6.07, 6.45) is 2.75. The number of nitrogens with zero attached hydrogens (tertiary/aromatic N) is 2. The van der Waals surface area contributed by atoms with E-state index in [1.54, 1.807) is 16.9 Å². The number of thioether (sulfide) groups is 1. The second-order valence-electron chi connectivity index (χ2n) is 4.25. The molecule has 3 nitrogen and oxygen atoms in total. The van der Waals surface area contributed by atoms with E-state index in [0.717, 1.165) is 9.99 Å². The van der Waals surface area contributed by atoms with Crippen LogP contribution in [0.4, 0.5) is 0 Å². The lowest BCUT2D eigenvalue weighted by Gasteiger charge is -2.09. The summed E-state index contributed by atoms with van der Waals surface area (Å²) >= 11 is 3.95. The van der Waals surface area contributed by atoms with Gasteiger partial charge in [-0.1, -0.05) is 18.2 Å². The molecule has 0 fully saturated rings. The van der Waals surface area contributed by atoms with Crippen LogP contribution < -0.4 is 5.56 Å². The van der Waals surface area contributed by atoms with Gasteiger partial charge in [0.1, 0.15) is 0 Å². The summed E-state index contributed by atoms with van der Waals surface area (Å²) in [7, 11) is 0. The highest BCUT2D eigenvalue weighted by Gasteiger charge is 2.22. The molecular formula is C13H11IN2OS. The third-order valence-corrected chi connectivity index (χ3v) is 4.82. The minimum Gasteiger partial charge on any atom is -0.268 e. The Morgan fingerprint density at radius 2 is 2.28 bits per heavy atom. The Labute approximate surface area is 123 Å². The molecule has 0 N–H and O–H groups in total. The van der Waals surface area contributed by atoms with E-state index < -0.39 is 0 Å². The fourth-order valence-corrected chi connectivity index (χ4v) is 3.79. The number of benzene rings is 1. The third kappa shape index (κ3) is 2.47. The van der Waals surface area contributed by atoms with Gasteiger partial charge in [0, 0.05) is 19.8 Å². The maximum atomic E-state index is 11.8. The van der Waals surface area contributed by atoms with E-state index in [1.807, 2.05) is 11.8 Å². The lowest BCUT2D eigenvalue weighted by atomic mass is 10.1. The number of aromatic nitrogens is 2. The topological polar surface area (TPSA) is 34.9 Å². The van der Waals surface area contributed by atoms with Gasteiger partial charge in [-0.2, -0.15) is 5.10 Å². The highest BCUT2D eigenvalue weighted by atomic mass is 127. The summed E-state index contributed by atoms with van der Waals surface area (Å²) in [5, 5.41) is 4.60. The average molecular weight is 370 g/mol. The molecule has 1 unspecified atom stereocenters. The molecular weight excluding hydrogens is 359 g/mol. The zero-order valence-electron chi connectivity index (χ0n) is 9.54. The number of fused-ring (bicyclic) bond motifs is 1. The summed E-state index contributed by atoms with van der Waals surface area (Å²) in [6.45, 7) is 0.676. The van der Waals surface area contributed by atoms with E-state index in [-0.39, 0.29) is 5.56 Å². The van der Waals surface area contributed by atoms with Crippen LogP contribution in [0.5, 0.6) is 0 Å². The van der Waals surface area contributed by atoms with Gasteiger partial charge in [-0.3, -0.25) is 4.79 Å². The predicted molar refractivity (Wildman–Crippen MR) is 81.0 cm³/mol. The van der Waals surface area contributed by atoms with Crippen LogP contribution in [0, 0.1) is 3.57 Å². The van der Waals surface area contributed by atoms with Crippen molar-refractivity contribution >= 4 is 34.4 Å². The summed E-state index contributed by atoms with van der Waals surface area (Å²) in [5.74, 6) is 0. The largest absolute Gasteiger partial charge is 0.268 e. The zero-order chi connectivity index (χ0) is 12.5. The van der Waals surface area contributed by atoms with E-state index >= 15 is 0 Å². The molecule has 0 saturated heterocycles. The van der Waals surface area contributed by atoms with Crippen molar-refractivity contribution in [3.63, 3.8) is 0 Å². The lowest BCUT2D eigenvalue weighted by Crippen LogP contribution is -2.27. The predicted octanol–water partition coefficient (Wildman–Crippen LogP) is 2.56. The molecule has 0 amide bonds. The number of rotatable bonds is 2. The second kappa shape index (κ2) is 5.05. The van der Waals surface area contributed by atoms with Crippen LogP contribution in [0.1, 0.15) is 5.56 Å². The van der Waals surface area contributed by atoms with Gasteiger partial charge in [0.25, 0.3) is 5.56 Å². The Morgan fingerprint density at radius 3 is 3.06 bits per heavy atom. The Kier molecular flexibility index (Phi) is 3.43. The van der Waals surface area contributed by atoms with Gasteiger partial charge >= 0.3 is 0 Å². The van der Waals surface area contributed by atoms with Crippen molar-refractivity contribution in [3.05, 3.63) is 56.0 Å². The SMILES string of the molecule is O=c1cc(I)cnn1CC1Cc2ccccc2S1. The third-order valence-electron chi connectivity index (χ3n) is 2.93. The van der Waals surface area contributed by atoms with E-state index in [1.165, 1.54) is 10.5 Å². The van der Waals surface area contributed by atoms with Crippen molar-refractivity contribution in [2.75, 3.05) is 0 Å². The maximum absolute atomic E-state index is 11.8. The maximum Gasteiger partial charge on any atom is 0.267 e. The fourth-order valence-electron chi connectivity index (χ4n) is 2.10. The zero-order valence-corrected chi connectivity index (χ0v) is 12.5. The van der Waals surface area contributed by atoms with Gasteiger partial charge in [-0.25, -0.2) is 4.68 Å². The van der Waals surface area contributed by atoms with Crippen molar-refractivity contribution in [1.29, 1.82) is 0 Å². The number of halogens is 1. The van der Waals surface area contributed by atoms with E-state index in [4.69, 9.17) is 0 Å². The summed E-state index contributed by atoms with van der Waals surface area (Å²) in [6, 6.07) is 10.1. The van der Waals surface area contributed by atoms with Gasteiger partial charge in [-0.15, -0.1) is 11.8 Å². The van der Waals surface area contributed by atoms with Gasteiger partial charge in [0.15, 0.2) is 0 Å². The molecule has 0 saturated carbocycles. The number of hydrogen-bond donors (Lipinski definition) is 0. The second-order valence-corrected chi connectivity index (χ2v) is 6.83. The minimum atomic E-state index is -0.0153. The van der Waals surface area contributed by atoms with Crippen LogP contribution in [0.15, 0.2) is 46.2 Å². The molecule has 18 heavy (non-hydrogen) atoms. The Bertz CT molecular complexity index is 616. The van der Waals surface area contributed by atoms with Crippen molar-refractivity contribution in [1.82, 2.24) is 9.78 Å². The smallest absolute Gasteiger partial charge is 0.267 e. The first kappa shape index (κ1) is 12.2. The lowest BCUT2D eigenvalue weighted by molar-refractivity contribution is 0.561. The monoisotopic (exact) mass is 370 g/mol. The van der Waals surface area contributed by atoms with Crippen molar-refractivity contribution in [3.8, 4) is 0 Å². The van der Waals surface area contributed by atoms with Crippen LogP contribution in [0.25, 0.3) is 0 Å². The fraction of sp³-hybridized carbons (Fsp3) is 0.231. The van der Waals surface area contributed by atoms with Crippen molar-refractivity contribution in [2.45, 2.75) is 23.1 Å². The summed E-state index contributed by atoms with van der Waals surface area (Å²) in [4.78, 5) is 13.1. The Morgan fingerprint density at radius 1 is 1.44 bits per heavy atom. The molecule has 0 spiro atoms. The minimum absolute atomic E-state index is 0.0153. The molecule has 92 valence electrons. The van der Waals surface area contributed by atoms with Crippen molar-refractivity contribution < 1.29 is 0 Å².